The highest BCUT2D eigenvalue weighted by Gasteiger charge is 2.12. The van der Waals surface area contributed by atoms with E-state index in [1.54, 1.807) is 0 Å². The van der Waals surface area contributed by atoms with Gasteiger partial charge in [-0.2, -0.15) is 0 Å². The van der Waals surface area contributed by atoms with Gasteiger partial charge in [0.05, 0.1) is 17.4 Å². The second-order valence-corrected chi connectivity index (χ2v) is 6.16. The van der Waals surface area contributed by atoms with Gasteiger partial charge in [0, 0.05) is 18.0 Å². The zero-order valence-electron chi connectivity index (χ0n) is 10.2. The summed E-state index contributed by atoms with van der Waals surface area (Å²) >= 11 is 7.35. The van der Waals surface area contributed by atoms with Crippen molar-refractivity contribution in [1.82, 2.24) is 15.5 Å². The van der Waals surface area contributed by atoms with Gasteiger partial charge in [0.2, 0.25) is 5.91 Å². The highest BCUT2D eigenvalue weighted by Crippen LogP contribution is 2.20. The zero-order valence-corrected chi connectivity index (χ0v) is 11.8. The maximum Gasteiger partial charge on any atom is 0.234 e. The van der Waals surface area contributed by atoms with Crippen LogP contribution in [0.4, 0.5) is 0 Å². The predicted octanol–water partition coefficient (Wildman–Crippen LogP) is 1.31. The highest BCUT2D eigenvalue weighted by atomic mass is 35.5. The van der Waals surface area contributed by atoms with Gasteiger partial charge in [0.15, 0.2) is 0 Å². The first-order chi connectivity index (χ1) is 8.74. The van der Waals surface area contributed by atoms with E-state index >= 15 is 0 Å². The minimum Gasteiger partial charge on any atom is -0.350 e. The number of nitrogens with one attached hydrogen (secondary N) is 2. The molecule has 4 nitrogen and oxygen atoms in total. The average molecular weight is 288 g/mol. The molecule has 0 spiro atoms. The Hall–Kier alpha value is -0.620. The molecule has 1 aliphatic rings. The van der Waals surface area contributed by atoms with Crippen LogP contribution < -0.4 is 10.6 Å². The zero-order chi connectivity index (χ0) is 12.8. The highest BCUT2D eigenvalue weighted by molar-refractivity contribution is 7.16. The van der Waals surface area contributed by atoms with E-state index in [4.69, 9.17) is 11.6 Å². The molecule has 18 heavy (non-hydrogen) atoms. The Morgan fingerprint density at radius 2 is 2.33 bits per heavy atom. The Kier molecular flexibility index (Phi) is 5.44. The number of halogens is 1. The molecule has 2 heterocycles. The molecule has 6 heteroatoms. The van der Waals surface area contributed by atoms with E-state index in [9.17, 15) is 4.79 Å². The standard InChI is InChI=1S/C12H18ClN3OS/c13-11-3-2-10(18-11)8-15-12(17)9-16-6-1-4-14-5-7-16/h2-3,14H,1,4-9H2,(H,15,17). The number of amides is 1. The van der Waals surface area contributed by atoms with E-state index < -0.39 is 0 Å². The summed E-state index contributed by atoms with van der Waals surface area (Å²) in [4.78, 5) is 15.1. The average Bonchev–Trinajstić information content (AvgIpc) is 2.60. The van der Waals surface area contributed by atoms with Crippen LogP contribution in [0.5, 0.6) is 0 Å². The van der Waals surface area contributed by atoms with Crippen LogP contribution in [0.3, 0.4) is 0 Å². The summed E-state index contributed by atoms with van der Waals surface area (Å²) < 4.78 is 0.762. The van der Waals surface area contributed by atoms with Crippen LogP contribution in [-0.4, -0.2) is 43.5 Å². The molecule has 1 fully saturated rings. The molecule has 1 saturated heterocycles. The second-order valence-electron chi connectivity index (χ2n) is 4.36. The van der Waals surface area contributed by atoms with Crippen molar-refractivity contribution in [3.8, 4) is 0 Å². The maximum atomic E-state index is 11.8. The predicted molar refractivity (Wildman–Crippen MR) is 75.1 cm³/mol. The Morgan fingerprint density at radius 1 is 1.44 bits per heavy atom. The summed E-state index contributed by atoms with van der Waals surface area (Å²) in [5.41, 5.74) is 0. The third-order valence-electron chi connectivity index (χ3n) is 2.89. The Labute approximate surface area is 116 Å². The van der Waals surface area contributed by atoms with Crippen molar-refractivity contribution in [1.29, 1.82) is 0 Å². The Morgan fingerprint density at radius 3 is 3.11 bits per heavy atom. The fourth-order valence-corrected chi connectivity index (χ4v) is 2.98. The first-order valence-corrected chi connectivity index (χ1v) is 7.37. The molecule has 0 saturated carbocycles. The largest absolute Gasteiger partial charge is 0.350 e. The van der Waals surface area contributed by atoms with E-state index in [0.29, 0.717) is 13.1 Å². The van der Waals surface area contributed by atoms with Gasteiger partial charge in [-0.1, -0.05) is 11.6 Å². The van der Waals surface area contributed by atoms with Gasteiger partial charge in [0.1, 0.15) is 0 Å². The lowest BCUT2D eigenvalue weighted by molar-refractivity contribution is -0.122. The monoisotopic (exact) mass is 287 g/mol. The van der Waals surface area contributed by atoms with Crippen molar-refractivity contribution in [2.45, 2.75) is 13.0 Å². The number of nitrogens with zero attached hydrogens (tertiary/aromatic N) is 1. The van der Waals surface area contributed by atoms with Crippen LogP contribution in [0.1, 0.15) is 11.3 Å². The molecule has 1 aromatic heterocycles. The van der Waals surface area contributed by atoms with Crippen LogP contribution in [0.15, 0.2) is 12.1 Å². The Balaban J connectivity index is 1.71. The van der Waals surface area contributed by atoms with Gasteiger partial charge >= 0.3 is 0 Å². The number of hydrogen-bond acceptors (Lipinski definition) is 4. The summed E-state index contributed by atoms with van der Waals surface area (Å²) in [7, 11) is 0. The number of thiophene rings is 1. The maximum absolute atomic E-state index is 11.8. The van der Waals surface area contributed by atoms with Gasteiger partial charge in [-0.3, -0.25) is 9.69 Å². The summed E-state index contributed by atoms with van der Waals surface area (Å²) in [6.07, 6.45) is 1.10. The number of carbonyl (C=O) groups excluding carboxylic acids is 1. The van der Waals surface area contributed by atoms with Crippen LogP contribution in [0, 0.1) is 0 Å². The SMILES string of the molecule is O=C(CN1CCCNCC1)NCc1ccc(Cl)s1. The first-order valence-electron chi connectivity index (χ1n) is 6.18. The van der Waals surface area contributed by atoms with Gasteiger partial charge in [-0.05, 0) is 31.6 Å². The fraction of sp³-hybridized carbons (Fsp3) is 0.583. The first kappa shape index (κ1) is 13.8. The molecule has 1 aromatic rings. The minimum absolute atomic E-state index is 0.0847. The van der Waals surface area contributed by atoms with Gasteiger partial charge in [-0.15, -0.1) is 11.3 Å². The van der Waals surface area contributed by atoms with Crippen molar-refractivity contribution in [3.05, 3.63) is 21.3 Å². The fourth-order valence-electron chi connectivity index (χ4n) is 1.95. The summed E-state index contributed by atoms with van der Waals surface area (Å²) in [5, 5.41) is 6.26. The minimum atomic E-state index is 0.0847. The Bertz CT molecular complexity index is 388. The molecule has 0 unspecified atom stereocenters. The lowest BCUT2D eigenvalue weighted by Crippen LogP contribution is -2.38. The number of rotatable bonds is 4. The van der Waals surface area contributed by atoms with Crippen LogP contribution in [0.25, 0.3) is 0 Å². The van der Waals surface area contributed by atoms with Crippen molar-refractivity contribution in [2.24, 2.45) is 0 Å². The lowest BCUT2D eigenvalue weighted by Gasteiger charge is -2.18. The number of hydrogen-bond donors (Lipinski definition) is 2. The lowest BCUT2D eigenvalue weighted by atomic mass is 10.3. The van der Waals surface area contributed by atoms with E-state index in [1.165, 1.54) is 11.3 Å². The van der Waals surface area contributed by atoms with Crippen LogP contribution in [0.2, 0.25) is 4.34 Å². The molecular formula is C12H18ClN3OS. The van der Waals surface area contributed by atoms with E-state index in [2.05, 4.69) is 15.5 Å². The van der Waals surface area contributed by atoms with Gasteiger partial charge in [0.25, 0.3) is 0 Å². The van der Waals surface area contributed by atoms with E-state index in [1.807, 2.05) is 12.1 Å². The molecule has 0 aromatic carbocycles. The smallest absolute Gasteiger partial charge is 0.234 e. The normalized spacial score (nSPS) is 17.4. The molecule has 0 bridgehead atoms. The van der Waals surface area contributed by atoms with Crippen molar-refractivity contribution < 1.29 is 4.79 Å². The molecule has 0 atom stereocenters. The molecule has 100 valence electrons. The van der Waals surface area contributed by atoms with Gasteiger partial charge in [-0.25, -0.2) is 0 Å². The van der Waals surface area contributed by atoms with E-state index in [-0.39, 0.29) is 5.91 Å². The molecule has 1 amide bonds. The molecule has 1 aliphatic heterocycles. The summed E-state index contributed by atoms with van der Waals surface area (Å²) in [5.74, 6) is 0.0847. The molecular weight excluding hydrogens is 270 g/mol. The molecule has 2 rings (SSSR count). The topological polar surface area (TPSA) is 44.4 Å². The van der Waals surface area contributed by atoms with E-state index in [0.717, 1.165) is 41.8 Å². The second kappa shape index (κ2) is 7.09. The quantitative estimate of drug-likeness (QED) is 0.878. The molecule has 0 radical (unpaired) electrons. The third-order valence-corrected chi connectivity index (χ3v) is 4.12. The number of carbonyl (C=O) groups is 1. The van der Waals surface area contributed by atoms with Crippen LogP contribution >= 0.6 is 22.9 Å². The van der Waals surface area contributed by atoms with Crippen molar-refractivity contribution >= 4 is 28.8 Å². The summed E-state index contributed by atoms with van der Waals surface area (Å²) in [6, 6.07) is 3.80. The van der Waals surface area contributed by atoms with Gasteiger partial charge < -0.3 is 10.6 Å². The van der Waals surface area contributed by atoms with Crippen molar-refractivity contribution in [3.63, 3.8) is 0 Å². The van der Waals surface area contributed by atoms with Crippen molar-refractivity contribution in [2.75, 3.05) is 32.7 Å². The summed E-state index contributed by atoms with van der Waals surface area (Å²) in [6.45, 7) is 5.01. The molecule has 0 aliphatic carbocycles. The molecule has 2 N–H and O–H groups in total. The third kappa shape index (κ3) is 4.57. The van der Waals surface area contributed by atoms with Crippen LogP contribution in [-0.2, 0) is 11.3 Å².